The smallest absolute Gasteiger partial charge is 0.341 e. The number of aryl methyl sites for hydroxylation is 1. The van der Waals surface area contributed by atoms with E-state index in [1.54, 1.807) is 17.4 Å². The van der Waals surface area contributed by atoms with Gasteiger partial charge in [-0.2, -0.15) is 0 Å². The van der Waals surface area contributed by atoms with Crippen LogP contribution in [0.1, 0.15) is 34.6 Å². The molecule has 0 atom stereocenters. The molecule has 0 radical (unpaired) electrons. The Morgan fingerprint density at radius 1 is 1.24 bits per heavy atom. The minimum absolute atomic E-state index is 0.293. The van der Waals surface area contributed by atoms with Gasteiger partial charge in [-0.15, -0.1) is 11.3 Å². The fourth-order valence-electron chi connectivity index (χ4n) is 3.57. The van der Waals surface area contributed by atoms with Crippen LogP contribution in [0.15, 0.2) is 24.3 Å². The third-order valence-corrected chi connectivity index (χ3v) is 6.48. The van der Waals surface area contributed by atoms with Gasteiger partial charge in [-0.3, -0.25) is 0 Å². The second kappa shape index (κ2) is 9.45. The Hall–Kier alpha value is -2.32. The van der Waals surface area contributed by atoms with Gasteiger partial charge in [0, 0.05) is 31.1 Å². The van der Waals surface area contributed by atoms with Gasteiger partial charge in [0.15, 0.2) is 5.11 Å². The molecule has 156 valence electrons. The number of nitrogens with one attached hydrogen (secondary N) is 1. The summed E-state index contributed by atoms with van der Waals surface area (Å²) in [5.74, 6) is -0.00902. The van der Waals surface area contributed by atoms with Crippen LogP contribution in [0.25, 0.3) is 0 Å². The monoisotopic (exact) mass is 433 g/mol. The largest absolute Gasteiger partial charge is 0.506 e. The number of thiophene rings is 1. The number of carbonyl (C=O) groups is 1. The Morgan fingerprint density at radius 3 is 2.55 bits per heavy atom. The highest BCUT2D eigenvalue weighted by Crippen LogP contribution is 2.34. The maximum Gasteiger partial charge on any atom is 0.341 e. The molecule has 1 aromatic carbocycles. The fourth-order valence-corrected chi connectivity index (χ4v) is 5.05. The first-order valence-electron chi connectivity index (χ1n) is 9.84. The van der Waals surface area contributed by atoms with E-state index in [9.17, 15) is 9.90 Å². The van der Waals surface area contributed by atoms with Crippen LogP contribution < -0.4 is 10.2 Å². The summed E-state index contributed by atoms with van der Waals surface area (Å²) in [6.07, 6.45) is 0.768. The van der Waals surface area contributed by atoms with E-state index in [-0.39, 0.29) is 5.97 Å². The minimum atomic E-state index is -0.302. The number of thiocarbonyl (C=S) groups is 1. The van der Waals surface area contributed by atoms with Gasteiger partial charge < -0.3 is 25.0 Å². The Kier molecular flexibility index (Phi) is 6.97. The van der Waals surface area contributed by atoms with E-state index in [2.05, 4.69) is 15.1 Å². The number of phenols is 1. The van der Waals surface area contributed by atoms with Crippen LogP contribution in [-0.4, -0.2) is 53.9 Å². The lowest BCUT2D eigenvalue weighted by atomic mass is 10.1. The van der Waals surface area contributed by atoms with Crippen LogP contribution in [0.3, 0.4) is 0 Å². The number of rotatable bonds is 5. The van der Waals surface area contributed by atoms with Gasteiger partial charge in [0.2, 0.25) is 0 Å². The standard InChI is InChI=1S/C21H27N3O3S2/c1-4-15-14(3)29-19(18(15)20(26)27-5-2)22-21(28)24-12-10-23(11-13-24)16-8-6-7-9-17(16)25/h6-9,25H,4-5,10-13H2,1-3H3,(H,22,28). The number of hydrogen-bond acceptors (Lipinski definition) is 6. The summed E-state index contributed by atoms with van der Waals surface area (Å²) in [5, 5.41) is 14.7. The molecular weight excluding hydrogens is 406 g/mol. The molecule has 1 saturated heterocycles. The number of anilines is 2. The lowest BCUT2D eigenvalue weighted by Gasteiger charge is -2.37. The molecule has 0 bridgehead atoms. The highest BCUT2D eigenvalue weighted by Gasteiger charge is 2.25. The maximum atomic E-state index is 12.5. The van der Waals surface area contributed by atoms with Crippen LogP contribution >= 0.6 is 23.6 Å². The van der Waals surface area contributed by atoms with Crippen molar-refractivity contribution in [2.24, 2.45) is 0 Å². The molecule has 1 fully saturated rings. The van der Waals surface area contributed by atoms with E-state index in [0.717, 1.165) is 53.7 Å². The molecule has 6 nitrogen and oxygen atoms in total. The van der Waals surface area contributed by atoms with Crippen molar-refractivity contribution in [1.29, 1.82) is 0 Å². The summed E-state index contributed by atoms with van der Waals surface area (Å²) in [6, 6.07) is 7.38. The van der Waals surface area contributed by atoms with Crippen LogP contribution in [0.5, 0.6) is 5.75 Å². The molecule has 0 saturated carbocycles. The number of nitrogens with zero attached hydrogens (tertiary/aromatic N) is 2. The molecule has 3 rings (SSSR count). The third kappa shape index (κ3) is 4.64. The predicted molar refractivity (Wildman–Crippen MR) is 123 cm³/mol. The van der Waals surface area contributed by atoms with Crippen LogP contribution in [0.4, 0.5) is 10.7 Å². The van der Waals surface area contributed by atoms with E-state index < -0.39 is 0 Å². The number of esters is 1. The van der Waals surface area contributed by atoms with Crippen molar-refractivity contribution in [3.8, 4) is 5.75 Å². The number of hydrogen-bond donors (Lipinski definition) is 2. The van der Waals surface area contributed by atoms with Crippen molar-refractivity contribution >= 4 is 45.3 Å². The number of phenolic OH excluding ortho intramolecular Hbond substituents is 1. The van der Waals surface area contributed by atoms with Crippen LogP contribution in [0.2, 0.25) is 0 Å². The van der Waals surface area contributed by atoms with Crippen LogP contribution in [0, 0.1) is 6.92 Å². The van der Waals surface area contributed by atoms with Gasteiger partial charge in [0.05, 0.1) is 17.9 Å². The minimum Gasteiger partial charge on any atom is -0.506 e. The molecule has 0 amide bonds. The maximum absolute atomic E-state index is 12.5. The van der Waals surface area contributed by atoms with Gasteiger partial charge in [-0.25, -0.2) is 4.79 Å². The van der Waals surface area contributed by atoms with Crippen molar-refractivity contribution in [3.63, 3.8) is 0 Å². The first-order chi connectivity index (χ1) is 14.0. The first-order valence-corrected chi connectivity index (χ1v) is 11.1. The van der Waals surface area contributed by atoms with Gasteiger partial charge in [-0.1, -0.05) is 19.1 Å². The van der Waals surface area contributed by atoms with E-state index in [1.165, 1.54) is 0 Å². The fraction of sp³-hybridized carbons (Fsp3) is 0.429. The van der Waals surface area contributed by atoms with Gasteiger partial charge in [0.25, 0.3) is 0 Å². The van der Waals surface area contributed by atoms with Crippen LogP contribution in [-0.2, 0) is 11.2 Å². The number of piperazine rings is 1. The molecule has 1 aromatic heterocycles. The second-order valence-corrected chi connectivity index (χ2v) is 8.42. The van der Waals surface area contributed by atoms with Crippen molar-refractivity contribution in [3.05, 3.63) is 40.3 Å². The van der Waals surface area contributed by atoms with Gasteiger partial charge in [0.1, 0.15) is 10.8 Å². The Labute approximate surface area is 181 Å². The highest BCUT2D eigenvalue weighted by molar-refractivity contribution is 7.80. The molecule has 2 heterocycles. The Bertz CT molecular complexity index is 889. The summed E-state index contributed by atoms with van der Waals surface area (Å²) in [6.45, 7) is 9.20. The molecule has 0 spiro atoms. The predicted octanol–water partition coefficient (Wildman–Crippen LogP) is 4.02. The number of aromatic hydroxyl groups is 1. The lowest BCUT2D eigenvalue weighted by Crippen LogP contribution is -2.50. The quantitative estimate of drug-likeness (QED) is 0.545. The molecule has 29 heavy (non-hydrogen) atoms. The SMILES string of the molecule is CCOC(=O)c1c(NC(=S)N2CCN(c3ccccc3O)CC2)sc(C)c1CC. The molecular formula is C21H27N3O3S2. The zero-order valence-electron chi connectivity index (χ0n) is 17.0. The molecule has 0 unspecified atom stereocenters. The summed E-state index contributed by atoms with van der Waals surface area (Å²) < 4.78 is 5.27. The molecule has 8 heteroatoms. The Morgan fingerprint density at radius 2 is 1.93 bits per heavy atom. The normalized spacial score (nSPS) is 14.0. The zero-order valence-corrected chi connectivity index (χ0v) is 18.7. The topological polar surface area (TPSA) is 65.0 Å². The molecule has 2 N–H and O–H groups in total. The van der Waals surface area contributed by atoms with Gasteiger partial charge in [-0.05, 0) is 50.2 Å². The summed E-state index contributed by atoms with van der Waals surface area (Å²) in [5.41, 5.74) is 2.47. The van der Waals surface area contributed by atoms with Crippen molar-refractivity contribution in [2.75, 3.05) is 43.0 Å². The zero-order chi connectivity index (χ0) is 21.0. The van der Waals surface area contributed by atoms with Crippen molar-refractivity contribution in [2.45, 2.75) is 27.2 Å². The van der Waals surface area contributed by atoms with E-state index in [4.69, 9.17) is 17.0 Å². The lowest BCUT2D eigenvalue weighted by molar-refractivity contribution is 0.0527. The average Bonchev–Trinajstić information content (AvgIpc) is 3.03. The van der Waals surface area contributed by atoms with E-state index >= 15 is 0 Å². The van der Waals surface area contributed by atoms with E-state index in [1.807, 2.05) is 39.0 Å². The Balaban J connectivity index is 1.69. The number of benzene rings is 1. The average molecular weight is 434 g/mol. The highest BCUT2D eigenvalue weighted by atomic mass is 32.1. The van der Waals surface area contributed by atoms with Crippen molar-refractivity contribution < 1.29 is 14.6 Å². The second-order valence-electron chi connectivity index (χ2n) is 6.81. The van der Waals surface area contributed by atoms with Crippen molar-refractivity contribution in [1.82, 2.24) is 4.90 Å². The number of carbonyl (C=O) groups excluding carboxylic acids is 1. The van der Waals surface area contributed by atoms with Gasteiger partial charge >= 0.3 is 5.97 Å². The summed E-state index contributed by atoms with van der Waals surface area (Å²) in [7, 11) is 0. The molecule has 1 aliphatic rings. The summed E-state index contributed by atoms with van der Waals surface area (Å²) >= 11 is 7.18. The molecule has 0 aliphatic carbocycles. The number of para-hydroxylation sites is 2. The van der Waals surface area contributed by atoms with E-state index in [0.29, 0.717) is 23.0 Å². The molecule has 2 aromatic rings. The number of ether oxygens (including phenoxy) is 1. The summed E-state index contributed by atoms with van der Waals surface area (Å²) in [4.78, 5) is 17.9. The third-order valence-electron chi connectivity index (χ3n) is 5.05. The first kappa shape index (κ1) is 21.4. The molecule has 1 aliphatic heterocycles.